The molecule has 54 valence electrons. The first-order valence-electron chi connectivity index (χ1n) is 2.88. The zero-order chi connectivity index (χ0) is 7.72. The van der Waals surface area contributed by atoms with Crippen LogP contribution in [-0.4, -0.2) is 23.6 Å². The van der Waals surface area contributed by atoms with Crippen LogP contribution in [0.15, 0.2) is 11.9 Å². The van der Waals surface area contributed by atoms with E-state index in [9.17, 15) is 9.59 Å². The number of rotatable bonds is 0. The van der Waals surface area contributed by atoms with Gasteiger partial charge in [0.15, 0.2) is 5.78 Å². The minimum Gasteiger partial charge on any atom is -0.385 e. The minimum absolute atomic E-state index is 0.0583. The van der Waals surface area contributed by atoms with Crippen LogP contribution in [0.3, 0.4) is 0 Å². The monoisotopic (exact) mass is 140 g/mol. The molecule has 10 heavy (non-hydrogen) atoms. The third-order valence-electron chi connectivity index (χ3n) is 1.40. The van der Waals surface area contributed by atoms with E-state index < -0.39 is 0 Å². The van der Waals surface area contributed by atoms with Gasteiger partial charge in [-0.05, 0) is 0 Å². The number of nitrogens with zero attached hydrogens (tertiary/aromatic N) is 1. The Hall–Kier alpha value is -1.32. The van der Waals surface area contributed by atoms with E-state index in [1.807, 2.05) is 0 Å². The van der Waals surface area contributed by atoms with Gasteiger partial charge < -0.3 is 10.6 Å². The fourth-order valence-corrected chi connectivity index (χ4v) is 0.724. The van der Waals surface area contributed by atoms with Crippen molar-refractivity contribution in [3.63, 3.8) is 0 Å². The molecule has 0 unspecified atom stereocenters. The van der Waals surface area contributed by atoms with Crippen molar-refractivity contribution in [1.82, 2.24) is 4.90 Å². The number of amides is 1. The molecule has 1 heterocycles. The van der Waals surface area contributed by atoms with Crippen molar-refractivity contribution in [2.75, 3.05) is 7.05 Å². The molecule has 0 aromatic heterocycles. The van der Waals surface area contributed by atoms with Gasteiger partial charge in [-0.2, -0.15) is 0 Å². The average Bonchev–Trinajstić information content (AvgIpc) is 1.82. The first-order chi connectivity index (χ1) is 4.61. The molecule has 0 spiro atoms. The van der Waals surface area contributed by atoms with Crippen molar-refractivity contribution in [2.24, 2.45) is 5.73 Å². The van der Waals surface area contributed by atoms with Gasteiger partial charge in [0, 0.05) is 13.1 Å². The molecular weight excluding hydrogens is 132 g/mol. The van der Waals surface area contributed by atoms with Gasteiger partial charge in [-0.15, -0.1) is 0 Å². The second kappa shape index (κ2) is 2.13. The van der Waals surface area contributed by atoms with Gasteiger partial charge in [-0.3, -0.25) is 9.59 Å². The maximum atomic E-state index is 10.8. The van der Waals surface area contributed by atoms with E-state index in [2.05, 4.69) is 0 Å². The Bertz CT molecular complexity index is 220. The molecule has 1 amide bonds. The van der Waals surface area contributed by atoms with Crippen molar-refractivity contribution < 1.29 is 9.59 Å². The van der Waals surface area contributed by atoms with E-state index in [4.69, 9.17) is 5.73 Å². The summed E-state index contributed by atoms with van der Waals surface area (Å²) in [4.78, 5) is 22.7. The lowest BCUT2D eigenvalue weighted by Gasteiger charge is -2.19. The Morgan fingerprint density at radius 3 is 2.70 bits per heavy atom. The van der Waals surface area contributed by atoms with Gasteiger partial charge >= 0.3 is 0 Å². The molecule has 0 radical (unpaired) electrons. The van der Waals surface area contributed by atoms with E-state index >= 15 is 0 Å². The molecular formula is C6H8N2O2. The maximum Gasteiger partial charge on any atom is 0.235 e. The number of allylic oxidation sites excluding steroid dienone is 1. The highest BCUT2D eigenvalue weighted by molar-refractivity contribution is 6.06. The summed E-state index contributed by atoms with van der Waals surface area (Å²) in [6, 6.07) is 0. The molecule has 0 aliphatic carbocycles. The van der Waals surface area contributed by atoms with Crippen LogP contribution in [0.5, 0.6) is 0 Å². The van der Waals surface area contributed by atoms with E-state index in [-0.39, 0.29) is 23.9 Å². The molecule has 1 aliphatic heterocycles. The van der Waals surface area contributed by atoms with Crippen LogP contribution in [-0.2, 0) is 9.59 Å². The van der Waals surface area contributed by atoms with Crippen LogP contribution in [0.4, 0.5) is 0 Å². The van der Waals surface area contributed by atoms with Gasteiger partial charge in [0.2, 0.25) is 5.91 Å². The lowest BCUT2D eigenvalue weighted by atomic mass is 10.2. The molecule has 2 N–H and O–H groups in total. The van der Waals surface area contributed by atoms with Crippen LogP contribution >= 0.6 is 0 Å². The summed E-state index contributed by atoms with van der Waals surface area (Å²) in [7, 11) is 1.54. The summed E-state index contributed by atoms with van der Waals surface area (Å²) in [5, 5.41) is 0. The number of nitrogens with two attached hydrogens (primary N) is 1. The van der Waals surface area contributed by atoms with Crippen LogP contribution in [0.1, 0.15) is 6.42 Å². The zero-order valence-corrected chi connectivity index (χ0v) is 5.63. The lowest BCUT2D eigenvalue weighted by molar-refractivity contribution is -0.133. The van der Waals surface area contributed by atoms with Crippen LogP contribution in [0.2, 0.25) is 0 Å². The number of ketones is 1. The first kappa shape index (κ1) is 6.80. The first-order valence-corrected chi connectivity index (χ1v) is 2.88. The van der Waals surface area contributed by atoms with E-state index in [0.29, 0.717) is 0 Å². The number of hydrogen-bond acceptors (Lipinski definition) is 3. The van der Waals surface area contributed by atoms with Gasteiger partial charge in [0.1, 0.15) is 5.82 Å². The molecule has 4 heteroatoms. The summed E-state index contributed by atoms with van der Waals surface area (Å²) in [5.74, 6) is -0.244. The quantitative estimate of drug-likeness (QED) is 0.449. The fourth-order valence-electron chi connectivity index (χ4n) is 0.724. The molecule has 4 nitrogen and oxygen atoms in total. The molecule has 0 atom stereocenters. The Morgan fingerprint density at radius 2 is 2.20 bits per heavy atom. The van der Waals surface area contributed by atoms with Crippen molar-refractivity contribution in [3.05, 3.63) is 11.9 Å². The standard InChI is InChI=1S/C6H8N2O2/c1-8-5(7)2-4(9)3-6(8)10/h2H,3,7H2,1H3. The molecule has 0 fully saturated rings. The molecule has 1 rings (SSSR count). The van der Waals surface area contributed by atoms with Gasteiger partial charge in [0.05, 0.1) is 6.42 Å². The minimum atomic E-state index is -0.245. The molecule has 0 saturated carbocycles. The second-order valence-electron chi connectivity index (χ2n) is 2.17. The Labute approximate surface area is 58.3 Å². The highest BCUT2D eigenvalue weighted by atomic mass is 16.2. The average molecular weight is 140 g/mol. The van der Waals surface area contributed by atoms with Gasteiger partial charge in [-0.25, -0.2) is 0 Å². The van der Waals surface area contributed by atoms with Gasteiger partial charge in [0.25, 0.3) is 0 Å². The molecule has 0 saturated heterocycles. The van der Waals surface area contributed by atoms with Crippen molar-refractivity contribution in [3.8, 4) is 0 Å². The molecule has 0 aromatic rings. The Morgan fingerprint density at radius 1 is 1.60 bits per heavy atom. The van der Waals surface area contributed by atoms with Crippen LogP contribution in [0, 0.1) is 0 Å². The van der Waals surface area contributed by atoms with Crippen LogP contribution in [0.25, 0.3) is 0 Å². The fraction of sp³-hybridized carbons (Fsp3) is 0.333. The predicted octanol–water partition coefficient (Wildman–Crippen LogP) is -0.782. The van der Waals surface area contributed by atoms with E-state index in [1.165, 1.54) is 11.0 Å². The smallest absolute Gasteiger partial charge is 0.235 e. The number of carbonyl (C=O) groups is 2. The third kappa shape index (κ3) is 1.00. The van der Waals surface area contributed by atoms with E-state index in [1.54, 1.807) is 7.05 Å². The van der Waals surface area contributed by atoms with Crippen LogP contribution < -0.4 is 5.73 Å². The zero-order valence-electron chi connectivity index (χ0n) is 5.63. The van der Waals surface area contributed by atoms with Crippen molar-refractivity contribution in [2.45, 2.75) is 6.42 Å². The summed E-state index contributed by atoms with van der Waals surface area (Å²) in [6.07, 6.45) is 1.21. The predicted molar refractivity (Wildman–Crippen MR) is 34.7 cm³/mol. The summed E-state index contributed by atoms with van der Waals surface area (Å²) in [6.45, 7) is 0. The topological polar surface area (TPSA) is 63.4 Å². The molecule has 0 aromatic carbocycles. The highest BCUT2D eigenvalue weighted by Gasteiger charge is 2.19. The molecule has 0 bridgehead atoms. The largest absolute Gasteiger partial charge is 0.385 e. The summed E-state index contributed by atoms with van der Waals surface area (Å²) in [5.41, 5.74) is 5.30. The number of hydrogen-bond donors (Lipinski definition) is 1. The van der Waals surface area contributed by atoms with Crippen molar-refractivity contribution in [1.29, 1.82) is 0 Å². The number of carbonyl (C=O) groups excluding carboxylic acids is 2. The summed E-state index contributed by atoms with van der Waals surface area (Å²) >= 11 is 0. The lowest BCUT2D eigenvalue weighted by Crippen LogP contribution is -2.35. The van der Waals surface area contributed by atoms with Gasteiger partial charge in [-0.1, -0.05) is 0 Å². The normalized spacial score (nSPS) is 19.3. The Kier molecular flexibility index (Phi) is 1.45. The second-order valence-corrected chi connectivity index (χ2v) is 2.17. The SMILES string of the molecule is CN1C(=O)CC(=O)C=C1N. The third-order valence-corrected chi connectivity index (χ3v) is 1.40. The Balaban J connectivity index is 2.91. The highest BCUT2D eigenvalue weighted by Crippen LogP contribution is 2.05. The summed E-state index contributed by atoms with van der Waals surface area (Å²) < 4.78 is 0. The van der Waals surface area contributed by atoms with Crippen molar-refractivity contribution >= 4 is 11.7 Å². The van der Waals surface area contributed by atoms with E-state index in [0.717, 1.165) is 0 Å². The maximum absolute atomic E-state index is 10.8. The molecule has 1 aliphatic rings.